The highest BCUT2D eigenvalue weighted by molar-refractivity contribution is 6.66. The molecule has 0 aliphatic carbocycles. The van der Waals surface area contributed by atoms with Gasteiger partial charge in [0, 0.05) is 0 Å². The molecule has 0 amide bonds. The minimum atomic E-state index is -0.0310. The van der Waals surface area contributed by atoms with Crippen molar-refractivity contribution in [2.45, 2.75) is 13.8 Å². The van der Waals surface area contributed by atoms with Crippen molar-refractivity contribution in [2.75, 3.05) is 0 Å². The van der Waals surface area contributed by atoms with Gasteiger partial charge in [-0.05, 0) is 31.5 Å². The van der Waals surface area contributed by atoms with Crippen molar-refractivity contribution in [1.82, 2.24) is 0 Å². The van der Waals surface area contributed by atoms with E-state index in [1.54, 1.807) is 0 Å². The Morgan fingerprint density at radius 1 is 1.33 bits per heavy atom. The van der Waals surface area contributed by atoms with Gasteiger partial charge < -0.3 is 11.1 Å². The lowest BCUT2D eigenvalue weighted by Gasteiger charge is -2.01. The summed E-state index contributed by atoms with van der Waals surface area (Å²) in [4.78, 5) is 4.07. The Morgan fingerprint density at radius 2 is 2.00 bits per heavy atom. The molecule has 0 atom stereocenters. The summed E-state index contributed by atoms with van der Waals surface area (Å²) in [5, 5.41) is 14.7. The Morgan fingerprint density at radius 3 is 2.53 bits per heavy atom. The number of nitrogens with zero attached hydrogens (tertiary/aromatic N) is 1. The Balaban J connectivity index is 2.97. The van der Waals surface area contributed by atoms with Gasteiger partial charge in [-0.25, -0.2) is 4.99 Å². The first-order chi connectivity index (χ1) is 7.00. The highest BCUT2D eigenvalue weighted by Gasteiger charge is 2.04. The molecule has 15 heavy (non-hydrogen) atoms. The molecular weight excluding hydrogens is 188 g/mol. The van der Waals surface area contributed by atoms with Crippen LogP contribution in [-0.4, -0.2) is 17.3 Å². The molecule has 78 valence electrons. The molecule has 1 aromatic carbocycles. The van der Waals surface area contributed by atoms with Crippen molar-refractivity contribution in [3.05, 3.63) is 29.8 Å². The fourth-order valence-electron chi connectivity index (χ4n) is 1.08. The first-order valence-corrected chi connectivity index (χ1v) is 4.56. The van der Waals surface area contributed by atoms with E-state index in [2.05, 4.69) is 4.99 Å². The summed E-state index contributed by atoms with van der Waals surface area (Å²) in [7, 11) is 0. The largest absolute Gasteiger partial charge is 0.382 e. The fourth-order valence-corrected chi connectivity index (χ4v) is 1.08. The standard InChI is InChI=1S/C11H14N4/c1-7-4-3-5-9(6-7)15-11(14)10(13)8(2)12/h3-6,12-13H,1-2H3,(H2,14,15). The zero-order valence-corrected chi connectivity index (χ0v) is 8.83. The van der Waals surface area contributed by atoms with Crippen LogP contribution in [0.25, 0.3) is 0 Å². The van der Waals surface area contributed by atoms with E-state index in [0.717, 1.165) is 5.56 Å². The predicted octanol–water partition coefficient (Wildman–Crippen LogP) is 2.04. The van der Waals surface area contributed by atoms with E-state index < -0.39 is 0 Å². The van der Waals surface area contributed by atoms with E-state index in [0.29, 0.717) is 5.69 Å². The topological polar surface area (TPSA) is 86.1 Å². The molecule has 0 radical (unpaired) electrons. The van der Waals surface area contributed by atoms with Crippen molar-refractivity contribution in [3.63, 3.8) is 0 Å². The molecule has 0 fully saturated rings. The smallest absolute Gasteiger partial charge is 0.151 e. The van der Waals surface area contributed by atoms with Crippen molar-refractivity contribution in [2.24, 2.45) is 10.7 Å². The Kier molecular flexibility index (Phi) is 3.33. The van der Waals surface area contributed by atoms with Crippen molar-refractivity contribution in [3.8, 4) is 0 Å². The summed E-state index contributed by atoms with van der Waals surface area (Å²) in [5.41, 5.74) is 7.46. The summed E-state index contributed by atoms with van der Waals surface area (Å²) in [6.45, 7) is 3.48. The second-order valence-electron chi connectivity index (χ2n) is 3.34. The molecule has 4 heteroatoms. The Bertz CT molecular complexity index is 432. The Hall–Kier alpha value is -1.97. The van der Waals surface area contributed by atoms with Crippen LogP contribution in [0, 0.1) is 17.7 Å². The van der Waals surface area contributed by atoms with E-state index in [4.69, 9.17) is 16.6 Å². The molecule has 4 nitrogen and oxygen atoms in total. The van der Waals surface area contributed by atoms with Gasteiger partial charge in [-0.15, -0.1) is 0 Å². The second kappa shape index (κ2) is 4.50. The summed E-state index contributed by atoms with van der Waals surface area (Å²) in [6, 6.07) is 7.52. The molecule has 0 spiro atoms. The van der Waals surface area contributed by atoms with Crippen LogP contribution in [0.15, 0.2) is 29.3 Å². The van der Waals surface area contributed by atoms with Crippen molar-refractivity contribution in [1.29, 1.82) is 10.8 Å². The zero-order chi connectivity index (χ0) is 11.4. The fraction of sp³-hybridized carbons (Fsp3) is 0.182. The SMILES string of the molecule is CC(=N)C(=N)C(N)=Nc1cccc(C)c1. The molecule has 0 heterocycles. The molecule has 0 aliphatic rings. The lowest BCUT2D eigenvalue weighted by molar-refractivity contribution is 1.41. The van der Waals surface area contributed by atoms with Crippen LogP contribution in [0.2, 0.25) is 0 Å². The predicted molar refractivity (Wildman–Crippen MR) is 63.6 cm³/mol. The van der Waals surface area contributed by atoms with Crippen molar-refractivity contribution < 1.29 is 0 Å². The van der Waals surface area contributed by atoms with E-state index in [1.807, 2.05) is 31.2 Å². The molecule has 0 aromatic heterocycles. The lowest BCUT2D eigenvalue weighted by atomic mass is 10.2. The van der Waals surface area contributed by atoms with Crippen LogP contribution in [0.3, 0.4) is 0 Å². The van der Waals surface area contributed by atoms with Gasteiger partial charge in [0.15, 0.2) is 5.84 Å². The van der Waals surface area contributed by atoms with Crippen LogP contribution < -0.4 is 5.73 Å². The maximum atomic E-state index is 7.47. The van der Waals surface area contributed by atoms with Gasteiger partial charge in [0.25, 0.3) is 0 Å². The number of nitrogens with one attached hydrogen (secondary N) is 2. The van der Waals surface area contributed by atoms with E-state index in [9.17, 15) is 0 Å². The average Bonchev–Trinajstić information content (AvgIpc) is 2.16. The molecule has 1 aromatic rings. The summed E-state index contributed by atoms with van der Waals surface area (Å²) < 4.78 is 0. The molecule has 0 aliphatic heterocycles. The van der Waals surface area contributed by atoms with Gasteiger partial charge in [0.2, 0.25) is 0 Å². The van der Waals surface area contributed by atoms with Gasteiger partial charge in [0.05, 0.1) is 11.4 Å². The quantitative estimate of drug-likeness (QED) is 0.508. The van der Waals surface area contributed by atoms with Crippen LogP contribution in [0.5, 0.6) is 0 Å². The molecule has 0 saturated heterocycles. The highest BCUT2D eigenvalue weighted by atomic mass is 14.9. The maximum absolute atomic E-state index is 7.47. The molecule has 0 unspecified atom stereocenters. The van der Waals surface area contributed by atoms with E-state index >= 15 is 0 Å². The van der Waals surface area contributed by atoms with Gasteiger partial charge in [-0.3, -0.25) is 5.41 Å². The molecule has 0 saturated carbocycles. The number of rotatable bonds is 3. The average molecular weight is 202 g/mol. The van der Waals surface area contributed by atoms with E-state index in [-0.39, 0.29) is 17.3 Å². The van der Waals surface area contributed by atoms with Crippen molar-refractivity contribution >= 4 is 22.9 Å². The number of amidine groups is 1. The third-order valence-electron chi connectivity index (χ3n) is 1.88. The maximum Gasteiger partial charge on any atom is 0.151 e. The van der Waals surface area contributed by atoms with Gasteiger partial charge in [-0.2, -0.15) is 0 Å². The summed E-state index contributed by atoms with van der Waals surface area (Å²) in [6.07, 6.45) is 0. The zero-order valence-electron chi connectivity index (χ0n) is 8.83. The molecule has 0 bridgehead atoms. The first-order valence-electron chi connectivity index (χ1n) is 4.56. The van der Waals surface area contributed by atoms with E-state index in [1.165, 1.54) is 6.92 Å². The highest BCUT2D eigenvalue weighted by Crippen LogP contribution is 2.13. The number of hydrogen-bond acceptors (Lipinski definition) is 3. The van der Waals surface area contributed by atoms with Gasteiger partial charge >= 0.3 is 0 Å². The van der Waals surface area contributed by atoms with Crippen LogP contribution in [0.1, 0.15) is 12.5 Å². The van der Waals surface area contributed by atoms with Crippen LogP contribution in [-0.2, 0) is 0 Å². The molecule has 4 N–H and O–H groups in total. The Labute approximate surface area is 88.9 Å². The van der Waals surface area contributed by atoms with Gasteiger partial charge in [0.1, 0.15) is 5.71 Å². The van der Waals surface area contributed by atoms with Crippen LogP contribution >= 0.6 is 0 Å². The number of hydrogen-bond donors (Lipinski definition) is 3. The number of aliphatic imine (C=N–C) groups is 1. The number of aryl methyl sites for hydroxylation is 1. The van der Waals surface area contributed by atoms with Gasteiger partial charge in [-0.1, -0.05) is 12.1 Å². The monoisotopic (exact) mass is 202 g/mol. The molecular formula is C11H14N4. The minimum absolute atomic E-state index is 0.0310. The summed E-state index contributed by atoms with van der Waals surface area (Å²) in [5.74, 6) is 0.0769. The molecule has 1 rings (SSSR count). The third-order valence-corrected chi connectivity index (χ3v) is 1.88. The van der Waals surface area contributed by atoms with Crippen LogP contribution in [0.4, 0.5) is 5.69 Å². The number of benzene rings is 1. The second-order valence-corrected chi connectivity index (χ2v) is 3.34. The minimum Gasteiger partial charge on any atom is -0.382 e. The normalized spacial score (nSPS) is 11.2. The first kappa shape index (κ1) is 11.1. The summed E-state index contributed by atoms with van der Waals surface area (Å²) >= 11 is 0. The third kappa shape index (κ3) is 3.02. The lowest BCUT2D eigenvalue weighted by Crippen LogP contribution is -2.27. The number of nitrogens with two attached hydrogens (primary N) is 1.